The highest BCUT2D eigenvalue weighted by Gasteiger charge is 2.13. The number of hydrogen-bond donors (Lipinski definition) is 1. The van der Waals surface area contributed by atoms with E-state index in [1.165, 1.54) is 44.5 Å². The molecule has 100 valence electrons. The molecule has 0 atom stereocenters. The minimum Gasteiger partial charge on any atom is -0.317 e. The Kier molecular flexibility index (Phi) is 5.48. The Morgan fingerprint density at radius 2 is 1.89 bits per heavy atom. The van der Waals surface area contributed by atoms with Gasteiger partial charge in [-0.05, 0) is 69.6 Å². The maximum atomic E-state index is 5.89. The summed E-state index contributed by atoms with van der Waals surface area (Å²) in [6, 6.07) is 8.17. The molecule has 0 saturated carbocycles. The molecule has 0 aliphatic carbocycles. The first-order chi connectivity index (χ1) is 8.74. The van der Waals surface area contributed by atoms with Crippen molar-refractivity contribution in [2.45, 2.75) is 25.8 Å². The molecule has 18 heavy (non-hydrogen) atoms. The molecule has 2 nitrogen and oxygen atoms in total. The van der Waals surface area contributed by atoms with Gasteiger partial charge in [0.25, 0.3) is 0 Å². The first kappa shape index (κ1) is 13.9. The Morgan fingerprint density at radius 3 is 2.56 bits per heavy atom. The summed E-state index contributed by atoms with van der Waals surface area (Å²) in [7, 11) is 2.20. The predicted molar refractivity (Wildman–Crippen MR) is 78.0 cm³/mol. The second kappa shape index (κ2) is 7.13. The monoisotopic (exact) mass is 266 g/mol. The van der Waals surface area contributed by atoms with E-state index in [0.717, 1.165) is 17.5 Å². The van der Waals surface area contributed by atoms with E-state index in [-0.39, 0.29) is 0 Å². The van der Waals surface area contributed by atoms with E-state index in [1.54, 1.807) is 0 Å². The first-order valence-corrected chi connectivity index (χ1v) is 7.25. The minimum atomic E-state index is 0.816. The lowest BCUT2D eigenvalue weighted by molar-refractivity contribution is 0.266. The van der Waals surface area contributed by atoms with Crippen molar-refractivity contribution in [2.75, 3.05) is 26.7 Å². The first-order valence-electron chi connectivity index (χ1n) is 6.88. The van der Waals surface area contributed by atoms with Crippen molar-refractivity contribution in [3.05, 3.63) is 34.9 Å². The second-order valence-electron chi connectivity index (χ2n) is 5.35. The molecule has 1 aliphatic heterocycles. The molecule has 0 radical (unpaired) electrons. The van der Waals surface area contributed by atoms with E-state index in [0.29, 0.717) is 0 Å². The molecule has 0 unspecified atom stereocenters. The van der Waals surface area contributed by atoms with Crippen LogP contribution in [0.25, 0.3) is 0 Å². The summed E-state index contributed by atoms with van der Waals surface area (Å²) in [5.74, 6) is 0.916. The number of halogens is 1. The zero-order chi connectivity index (χ0) is 12.8. The molecule has 2 rings (SSSR count). The van der Waals surface area contributed by atoms with Crippen LogP contribution in [-0.4, -0.2) is 31.6 Å². The van der Waals surface area contributed by atoms with Gasteiger partial charge < -0.3 is 10.2 Å². The Balaban J connectivity index is 1.71. The summed E-state index contributed by atoms with van der Waals surface area (Å²) in [6.45, 7) is 4.60. The largest absolute Gasteiger partial charge is 0.317 e. The number of piperidine rings is 1. The van der Waals surface area contributed by atoms with Gasteiger partial charge in [-0.1, -0.05) is 23.7 Å². The van der Waals surface area contributed by atoms with Crippen LogP contribution in [0.4, 0.5) is 0 Å². The highest BCUT2D eigenvalue weighted by molar-refractivity contribution is 6.30. The van der Waals surface area contributed by atoms with Gasteiger partial charge in [-0.15, -0.1) is 0 Å². The van der Waals surface area contributed by atoms with Crippen LogP contribution in [0.2, 0.25) is 5.02 Å². The topological polar surface area (TPSA) is 15.3 Å². The average Bonchev–Trinajstić information content (AvgIpc) is 2.40. The zero-order valence-electron chi connectivity index (χ0n) is 11.2. The number of rotatable bonds is 5. The number of nitrogens with one attached hydrogen (secondary N) is 1. The predicted octanol–water partition coefficient (Wildman–Crippen LogP) is 3.16. The van der Waals surface area contributed by atoms with Crippen molar-refractivity contribution < 1.29 is 0 Å². The molecule has 1 aliphatic rings. The average molecular weight is 267 g/mol. The van der Waals surface area contributed by atoms with E-state index < -0.39 is 0 Å². The summed E-state index contributed by atoms with van der Waals surface area (Å²) in [5, 5.41) is 4.24. The molecule has 1 N–H and O–H groups in total. The minimum absolute atomic E-state index is 0.816. The van der Waals surface area contributed by atoms with Gasteiger partial charge in [0.15, 0.2) is 0 Å². The fraction of sp³-hybridized carbons (Fsp3) is 0.600. The summed E-state index contributed by atoms with van der Waals surface area (Å²) < 4.78 is 0. The molecule has 1 aromatic carbocycles. The molecule has 0 spiro atoms. The van der Waals surface area contributed by atoms with Gasteiger partial charge in [0, 0.05) is 11.6 Å². The lowest BCUT2D eigenvalue weighted by atomic mass is 9.94. The van der Waals surface area contributed by atoms with Crippen LogP contribution in [0.5, 0.6) is 0 Å². The number of benzene rings is 1. The third-order valence-corrected chi connectivity index (χ3v) is 4.00. The van der Waals surface area contributed by atoms with E-state index >= 15 is 0 Å². The fourth-order valence-corrected chi connectivity index (χ4v) is 2.68. The van der Waals surface area contributed by atoms with Gasteiger partial charge in [0.2, 0.25) is 0 Å². The molecule has 3 heteroatoms. The van der Waals surface area contributed by atoms with Crippen LogP contribution in [0.1, 0.15) is 24.8 Å². The second-order valence-corrected chi connectivity index (χ2v) is 5.78. The van der Waals surface area contributed by atoms with Crippen molar-refractivity contribution in [1.82, 2.24) is 10.2 Å². The Morgan fingerprint density at radius 1 is 1.22 bits per heavy atom. The Labute approximate surface area is 115 Å². The van der Waals surface area contributed by atoms with Gasteiger partial charge in [0.05, 0.1) is 0 Å². The summed E-state index contributed by atoms with van der Waals surface area (Å²) >= 11 is 5.89. The van der Waals surface area contributed by atoms with Crippen LogP contribution >= 0.6 is 11.6 Å². The third kappa shape index (κ3) is 4.60. The van der Waals surface area contributed by atoms with Gasteiger partial charge in [-0.3, -0.25) is 0 Å². The zero-order valence-corrected chi connectivity index (χ0v) is 11.9. The maximum Gasteiger partial charge on any atom is 0.0406 e. The van der Waals surface area contributed by atoms with Crippen molar-refractivity contribution in [3.8, 4) is 0 Å². The van der Waals surface area contributed by atoms with E-state index in [9.17, 15) is 0 Å². The summed E-state index contributed by atoms with van der Waals surface area (Å²) in [5.41, 5.74) is 1.34. The van der Waals surface area contributed by atoms with E-state index in [4.69, 9.17) is 11.6 Å². The van der Waals surface area contributed by atoms with E-state index in [2.05, 4.69) is 29.4 Å². The van der Waals surface area contributed by atoms with Crippen molar-refractivity contribution >= 4 is 11.6 Å². The molecular weight excluding hydrogens is 244 g/mol. The van der Waals surface area contributed by atoms with Crippen LogP contribution in [0.15, 0.2) is 24.3 Å². The highest BCUT2D eigenvalue weighted by Crippen LogP contribution is 2.17. The fourth-order valence-electron chi connectivity index (χ4n) is 2.55. The quantitative estimate of drug-likeness (QED) is 0.881. The third-order valence-electron chi connectivity index (χ3n) is 3.74. The lowest BCUT2D eigenvalue weighted by Gasteiger charge is -2.25. The molecule has 1 saturated heterocycles. The maximum absolute atomic E-state index is 5.89. The smallest absolute Gasteiger partial charge is 0.0406 e. The van der Waals surface area contributed by atoms with Crippen molar-refractivity contribution in [1.29, 1.82) is 0 Å². The summed E-state index contributed by atoms with van der Waals surface area (Å²) in [6.07, 6.45) is 4.01. The van der Waals surface area contributed by atoms with Gasteiger partial charge in [0.1, 0.15) is 0 Å². The SMILES string of the molecule is CN(CCC1CCNCC1)Cc1ccc(Cl)cc1. The van der Waals surface area contributed by atoms with E-state index in [1.807, 2.05) is 12.1 Å². The van der Waals surface area contributed by atoms with Gasteiger partial charge >= 0.3 is 0 Å². The van der Waals surface area contributed by atoms with Gasteiger partial charge in [-0.2, -0.15) is 0 Å². The van der Waals surface area contributed by atoms with Crippen molar-refractivity contribution in [2.24, 2.45) is 5.92 Å². The molecular formula is C15H23ClN2. The normalized spacial score (nSPS) is 17.3. The Bertz CT molecular complexity index is 344. The number of nitrogens with zero attached hydrogens (tertiary/aromatic N) is 1. The molecule has 1 fully saturated rings. The lowest BCUT2D eigenvalue weighted by Crippen LogP contribution is -2.30. The molecule has 0 aromatic heterocycles. The molecule has 0 bridgehead atoms. The molecule has 1 heterocycles. The number of hydrogen-bond acceptors (Lipinski definition) is 2. The molecule has 0 amide bonds. The Hall–Kier alpha value is -0.570. The van der Waals surface area contributed by atoms with Crippen LogP contribution in [-0.2, 0) is 6.54 Å². The highest BCUT2D eigenvalue weighted by atomic mass is 35.5. The standard InChI is InChI=1S/C15H23ClN2/c1-18(11-8-13-6-9-17-10-7-13)12-14-2-4-15(16)5-3-14/h2-5,13,17H,6-12H2,1H3. The van der Waals surface area contributed by atoms with Crippen LogP contribution < -0.4 is 5.32 Å². The van der Waals surface area contributed by atoms with Gasteiger partial charge in [-0.25, -0.2) is 0 Å². The summed E-state index contributed by atoms with van der Waals surface area (Å²) in [4.78, 5) is 2.41. The van der Waals surface area contributed by atoms with Crippen LogP contribution in [0, 0.1) is 5.92 Å². The van der Waals surface area contributed by atoms with Crippen LogP contribution in [0.3, 0.4) is 0 Å². The molecule has 1 aromatic rings. The van der Waals surface area contributed by atoms with Crippen molar-refractivity contribution in [3.63, 3.8) is 0 Å².